The Morgan fingerprint density at radius 1 is 0.960 bits per heavy atom. The van der Waals surface area contributed by atoms with E-state index in [1.807, 2.05) is 6.92 Å². The van der Waals surface area contributed by atoms with Crippen LogP contribution in [-0.2, 0) is 42.3 Å². The molecule has 0 atom stereocenters. The van der Waals surface area contributed by atoms with Crippen LogP contribution < -0.4 is 0 Å². The van der Waals surface area contributed by atoms with Crippen molar-refractivity contribution in [3.05, 3.63) is 0 Å². The average molecular weight is 377 g/mol. The predicted octanol–water partition coefficient (Wildman–Crippen LogP) is -8.92. The minimum absolute atomic E-state index is 0. The van der Waals surface area contributed by atoms with Gasteiger partial charge in [-0.3, -0.25) is 0 Å². The van der Waals surface area contributed by atoms with E-state index in [0.717, 1.165) is 0 Å². The van der Waals surface area contributed by atoms with E-state index >= 15 is 0 Å². The summed E-state index contributed by atoms with van der Waals surface area (Å²) in [6, 6.07) is 0. The van der Waals surface area contributed by atoms with Gasteiger partial charge in [0.15, 0.2) is 0 Å². The van der Waals surface area contributed by atoms with E-state index in [9.17, 15) is 9.59 Å². The molecule has 0 aromatic carbocycles. The Labute approximate surface area is 194 Å². The van der Waals surface area contributed by atoms with Crippen LogP contribution in [0.5, 0.6) is 0 Å². The van der Waals surface area contributed by atoms with Crippen molar-refractivity contribution >= 4 is 141 Å². The first-order valence-corrected chi connectivity index (χ1v) is 7.16. The molecule has 0 N–H and O–H groups in total. The topological polar surface area (TPSA) is 34.1 Å². The molecule has 0 aliphatic carbocycles. The van der Waals surface area contributed by atoms with Gasteiger partial charge in [0.25, 0.3) is 0 Å². The largest absolute Gasteiger partial charge is 0.549 e. The van der Waals surface area contributed by atoms with Crippen LogP contribution in [0.25, 0.3) is 0 Å². The van der Waals surface area contributed by atoms with Crippen molar-refractivity contribution in [2.75, 3.05) is 0 Å². The summed E-state index contributed by atoms with van der Waals surface area (Å²) in [6.07, 6.45) is -1.60. The van der Waals surface area contributed by atoms with Crippen LogP contribution in [0.2, 0.25) is 0 Å². The number of hydrogen-bond donors (Lipinski definition) is 0. The standard InChI is InChI=1S/C3H9B9O.CH4B9O.Y/c1-2-3(13)9(10(4)5)12(8)11(6)7;2-8(3)7(1-11)10(6)9(4)5;/h11H,2H2,1,4H3;9H,2H3;/q-2;-3;. The molecule has 25 heavy (non-hydrogen) atoms. The fraction of sp³-hybridized carbons (Fsp3) is 0.500. The van der Waals surface area contributed by atoms with Gasteiger partial charge < -0.3 is 15.8 Å². The van der Waals surface area contributed by atoms with Crippen LogP contribution in [-0.4, -0.2) is 141 Å². The predicted molar refractivity (Wildman–Crippen MR) is 136 cm³/mol. The van der Waals surface area contributed by atoms with E-state index in [1.54, 1.807) is 6.19 Å². The van der Waals surface area contributed by atoms with E-state index in [-0.39, 0.29) is 73.1 Å². The Kier molecular flexibility index (Phi) is 20.7. The molecular weight excluding hydrogens is 364 g/mol. The summed E-state index contributed by atoms with van der Waals surface area (Å²) in [5.41, 5.74) is 0.100. The molecule has 0 aliphatic heterocycles. The summed E-state index contributed by atoms with van der Waals surface area (Å²) < 4.78 is 0. The number of carbonyl (C=O) groups excluding carboxylic acids is 2. The van der Waals surface area contributed by atoms with Gasteiger partial charge in [0.1, 0.15) is 0 Å². The molecular formula is C4H13B18O2Y-5. The molecule has 0 aromatic heterocycles. The Hall–Kier alpha value is 1.61. The molecule has 0 bridgehead atoms. The van der Waals surface area contributed by atoms with Crippen molar-refractivity contribution in [1.29, 1.82) is 0 Å². The van der Waals surface area contributed by atoms with Gasteiger partial charge in [-0.15, -0.1) is 25.5 Å². The zero-order valence-corrected chi connectivity index (χ0v) is 16.4. The van der Waals surface area contributed by atoms with Crippen LogP contribution in [0, 0.1) is 0 Å². The zero-order chi connectivity index (χ0) is 19.6. The van der Waals surface area contributed by atoms with E-state index in [4.69, 9.17) is 61.9 Å². The number of hydrogen-bond acceptors (Lipinski definition) is 2. The molecule has 0 amide bonds. The van der Waals surface area contributed by atoms with Crippen molar-refractivity contribution in [2.24, 2.45) is 0 Å². The fourth-order valence-corrected chi connectivity index (χ4v) is 1.58. The molecule has 17 radical (unpaired) electrons. The molecule has 0 aliphatic rings. The van der Waals surface area contributed by atoms with E-state index in [1.165, 1.54) is 0 Å². The molecule has 0 spiro atoms. The maximum absolute atomic E-state index is 11.5. The summed E-state index contributed by atoms with van der Waals surface area (Å²) in [6.45, 7) is 1.08. The molecule has 0 heterocycles. The molecule has 0 saturated heterocycles. The van der Waals surface area contributed by atoms with Crippen LogP contribution >= 0.6 is 0 Å². The van der Waals surface area contributed by atoms with Gasteiger partial charge in [-0.1, -0.05) is 22.4 Å². The van der Waals surface area contributed by atoms with E-state index < -0.39 is 32.0 Å². The van der Waals surface area contributed by atoms with E-state index in [2.05, 4.69) is 0 Å². The van der Waals surface area contributed by atoms with Crippen LogP contribution in [0.4, 0.5) is 0 Å². The second-order valence-electron chi connectivity index (χ2n) is 5.12. The summed E-state index contributed by atoms with van der Waals surface area (Å²) >= 11 is 0. The number of carbonyl (C=O) groups is 1. The number of rotatable bonds is 9. The summed E-state index contributed by atoms with van der Waals surface area (Å²) in [7, 11) is 44.3. The average Bonchev–Trinajstić information content (AvgIpc) is 2.47. The molecule has 21 heteroatoms. The van der Waals surface area contributed by atoms with Gasteiger partial charge in [0, 0.05) is 32.7 Å². The normalized spacial score (nSPS) is 9.16. The second kappa shape index (κ2) is 16.6. The maximum atomic E-state index is 11.5. The third kappa shape index (κ3) is 12.6. The van der Waals surface area contributed by atoms with Crippen LogP contribution in [0.3, 0.4) is 0 Å². The van der Waals surface area contributed by atoms with Crippen LogP contribution in [0.1, 0.15) is 13.3 Å². The third-order valence-electron chi connectivity index (χ3n) is 3.28. The van der Waals surface area contributed by atoms with Gasteiger partial charge in [-0.25, -0.2) is 30.9 Å². The second-order valence-corrected chi connectivity index (χ2v) is 5.12. The zero-order valence-electron chi connectivity index (χ0n) is 13.6. The monoisotopic (exact) mass is 380 g/mol. The van der Waals surface area contributed by atoms with Gasteiger partial charge in [0.05, 0.1) is 12.2 Å². The fourth-order valence-electron chi connectivity index (χ4n) is 1.58. The molecule has 0 aromatic rings. The van der Waals surface area contributed by atoms with Gasteiger partial charge in [-0.05, 0) is 37.4 Å². The quantitative estimate of drug-likeness (QED) is 0.296. The summed E-state index contributed by atoms with van der Waals surface area (Å²) in [5, 5.41) is 0. The Morgan fingerprint density at radius 2 is 1.36 bits per heavy atom. The molecule has 103 valence electrons. The van der Waals surface area contributed by atoms with Crippen LogP contribution in [0.15, 0.2) is 0 Å². The van der Waals surface area contributed by atoms with Crippen molar-refractivity contribution in [2.45, 2.75) is 13.3 Å². The molecule has 0 rings (SSSR count). The van der Waals surface area contributed by atoms with Crippen molar-refractivity contribution in [1.82, 2.24) is 0 Å². The molecule has 0 saturated carbocycles. The van der Waals surface area contributed by atoms with E-state index in [0.29, 0.717) is 6.42 Å². The van der Waals surface area contributed by atoms with Gasteiger partial charge in [0.2, 0.25) is 0 Å². The first-order valence-electron chi connectivity index (χ1n) is 7.16. The van der Waals surface area contributed by atoms with Gasteiger partial charge in [-0.2, -0.15) is 19.3 Å². The first kappa shape index (κ1) is 31.3. The van der Waals surface area contributed by atoms with Crippen molar-refractivity contribution in [3.8, 4) is 0 Å². The SMILES string of the molecule is [B]B([BH3-])B(B([B])[BH-]([B])[B])C(=O)CC.[B]B([BH3-])B([C-]=O)B([B])[BH-]([B])[B].[Y]. The maximum Gasteiger partial charge on any atom is 0.0673 e. The minimum Gasteiger partial charge on any atom is -0.549 e. The van der Waals surface area contributed by atoms with Crippen molar-refractivity contribution in [3.63, 3.8) is 0 Å². The Bertz CT molecular complexity index is 363. The Morgan fingerprint density at radius 3 is 1.52 bits per heavy atom. The Balaban J connectivity index is -0.000000377. The minimum atomic E-state index is -1.43. The smallest absolute Gasteiger partial charge is 0.0673 e. The summed E-state index contributed by atoms with van der Waals surface area (Å²) in [5.74, 6) is 0. The third-order valence-corrected chi connectivity index (χ3v) is 3.28. The van der Waals surface area contributed by atoms with Crippen molar-refractivity contribution < 1.29 is 42.3 Å². The molecule has 0 fully saturated rings. The summed E-state index contributed by atoms with van der Waals surface area (Å²) in [4.78, 5) is 21.8. The first-order chi connectivity index (χ1) is 10.9. The molecule has 2 nitrogen and oxygen atoms in total. The van der Waals surface area contributed by atoms with Gasteiger partial charge >= 0.3 is 0 Å². The molecule has 0 unspecified atom stereocenters.